The summed E-state index contributed by atoms with van der Waals surface area (Å²) in [5.74, 6) is 0.930. The summed E-state index contributed by atoms with van der Waals surface area (Å²) in [7, 11) is 0. The molecule has 2 nitrogen and oxygen atoms in total. The van der Waals surface area contributed by atoms with E-state index in [2.05, 4.69) is 11.4 Å². The molecule has 0 bridgehead atoms. The van der Waals surface area contributed by atoms with Gasteiger partial charge in [0.1, 0.15) is 0 Å². The van der Waals surface area contributed by atoms with Gasteiger partial charge >= 0.3 is 0 Å². The Morgan fingerprint density at radius 2 is 2.43 bits per heavy atom. The predicted molar refractivity (Wildman–Crippen MR) is 55.1 cm³/mol. The Bertz CT molecular complexity index is 294. The van der Waals surface area contributed by atoms with Crippen molar-refractivity contribution in [3.63, 3.8) is 0 Å². The zero-order chi connectivity index (χ0) is 9.43. The number of nitrogens with one attached hydrogen (secondary N) is 1. The van der Waals surface area contributed by atoms with Gasteiger partial charge in [-0.15, -0.1) is 0 Å². The summed E-state index contributed by atoms with van der Waals surface area (Å²) >= 11 is 0. The molecule has 1 aromatic heterocycles. The van der Waals surface area contributed by atoms with Crippen molar-refractivity contribution in [3.8, 4) is 0 Å². The Labute approximate surface area is 84.7 Å². The average Bonchev–Trinajstić information content (AvgIpc) is 2.76. The van der Waals surface area contributed by atoms with Gasteiger partial charge in [0, 0.05) is 5.54 Å². The smallest absolute Gasteiger partial charge is 0.0935 e. The van der Waals surface area contributed by atoms with Crippen LogP contribution < -0.4 is 5.32 Å². The van der Waals surface area contributed by atoms with Crippen LogP contribution in [0.4, 0.5) is 0 Å². The molecule has 76 valence electrons. The second-order valence-electron chi connectivity index (χ2n) is 4.77. The van der Waals surface area contributed by atoms with Crippen molar-refractivity contribution in [2.24, 2.45) is 5.92 Å². The van der Waals surface area contributed by atoms with Gasteiger partial charge < -0.3 is 9.73 Å². The van der Waals surface area contributed by atoms with Crippen molar-refractivity contribution in [2.75, 3.05) is 6.54 Å². The van der Waals surface area contributed by atoms with Crippen LogP contribution in [0, 0.1) is 5.92 Å². The number of hydrogen-bond donors (Lipinski definition) is 1. The van der Waals surface area contributed by atoms with Gasteiger partial charge in [-0.2, -0.15) is 0 Å². The van der Waals surface area contributed by atoms with Crippen LogP contribution in [0.15, 0.2) is 23.0 Å². The maximum atomic E-state index is 5.14. The number of furan rings is 1. The molecule has 1 unspecified atom stereocenters. The zero-order valence-corrected chi connectivity index (χ0v) is 8.46. The van der Waals surface area contributed by atoms with E-state index in [1.165, 1.54) is 37.8 Å². The minimum absolute atomic E-state index is 0.421. The van der Waals surface area contributed by atoms with E-state index in [4.69, 9.17) is 4.42 Å². The molecular formula is C12H17NO. The lowest BCUT2D eigenvalue weighted by atomic mass is 9.85. The van der Waals surface area contributed by atoms with Crippen LogP contribution in [0.3, 0.4) is 0 Å². The summed E-state index contributed by atoms with van der Waals surface area (Å²) < 4.78 is 5.14. The average molecular weight is 191 g/mol. The monoisotopic (exact) mass is 191 g/mol. The van der Waals surface area contributed by atoms with Gasteiger partial charge in [0.15, 0.2) is 0 Å². The van der Waals surface area contributed by atoms with E-state index < -0.39 is 0 Å². The molecule has 1 saturated heterocycles. The highest BCUT2D eigenvalue weighted by molar-refractivity contribution is 5.16. The maximum absolute atomic E-state index is 5.14. The first-order chi connectivity index (χ1) is 6.89. The van der Waals surface area contributed by atoms with Crippen LogP contribution in [0.25, 0.3) is 0 Å². The SMILES string of the molecule is c1cc(CC2(C3CC3)CCCN2)co1. The Morgan fingerprint density at radius 1 is 1.50 bits per heavy atom. The first kappa shape index (κ1) is 8.54. The minimum atomic E-state index is 0.421. The maximum Gasteiger partial charge on any atom is 0.0935 e. The molecule has 2 heterocycles. The molecular weight excluding hydrogens is 174 g/mol. The minimum Gasteiger partial charge on any atom is -0.472 e. The molecule has 14 heavy (non-hydrogen) atoms. The van der Waals surface area contributed by atoms with E-state index in [1.54, 1.807) is 6.26 Å². The third-order valence-corrected chi connectivity index (χ3v) is 3.74. The molecule has 1 aliphatic carbocycles. The highest BCUT2D eigenvalue weighted by atomic mass is 16.3. The second-order valence-corrected chi connectivity index (χ2v) is 4.77. The first-order valence-electron chi connectivity index (χ1n) is 5.65. The van der Waals surface area contributed by atoms with Crippen LogP contribution in [0.1, 0.15) is 31.2 Å². The second kappa shape index (κ2) is 3.13. The van der Waals surface area contributed by atoms with Crippen LogP contribution in [0.2, 0.25) is 0 Å². The molecule has 1 N–H and O–H groups in total. The molecule has 2 fully saturated rings. The Kier molecular flexibility index (Phi) is 1.91. The highest BCUT2D eigenvalue weighted by Crippen LogP contribution is 2.45. The molecule has 2 aliphatic rings. The van der Waals surface area contributed by atoms with Crippen molar-refractivity contribution < 1.29 is 4.42 Å². The summed E-state index contributed by atoms with van der Waals surface area (Å²) in [4.78, 5) is 0. The molecule has 0 radical (unpaired) electrons. The summed E-state index contributed by atoms with van der Waals surface area (Å²) in [6.07, 6.45) is 10.4. The lowest BCUT2D eigenvalue weighted by molar-refractivity contribution is 0.322. The third kappa shape index (κ3) is 1.38. The highest BCUT2D eigenvalue weighted by Gasteiger charge is 2.46. The molecule has 2 heteroatoms. The summed E-state index contributed by atoms with van der Waals surface area (Å²) in [5.41, 5.74) is 1.77. The van der Waals surface area contributed by atoms with Crippen molar-refractivity contribution in [2.45, 2.75) is 37.6 Å². The Balaban J connectivity index is 1.79. The quantitative estimate of drug-likeness (QED) is 0.793. The van der Waals surface area contributed by atoms with Gasteiger partial charge in [0.2, 0.25) is 0 Å². The molecule has 3 rings (SSSR count). The van der Waals surface area contributed by atoms with Gasteiger partial charge in [0.05, 0.1) is 12.5 Å². The largest absolute Gasteiger partial charge is 0.472 e. The normalized spacial score (nSPS) is 32.3. The summed E-state index contributed by atoms with van der Waals surface area (Å²) in [6.45, 7) is 1.20. The van der Waals surface area contributed by atoms with Gasteiger partial charge in [-0.3, -0.25) is 0 Å². The molecule has 0 amide bonds. The van der Waals surface area contributed by atoms with E-state index in [-0.39, 0.29) is 0 Å². The van der Waals surface area contributed by atoms with Crippen molar-refractivity contribution in [1.82, 2.24) is 5.32 Å². The fourth-order valence-electron chi connectivity index (χ4n) is 2.87. The molecule has 1 atom stereocenters. The van der Waals surface area contributed by atoms with Gasteiger partial charge in [-0.1, -0.05) is 0 Å². The molecule has 0 spiro atoms. The van der Waals surface area contributed by atoms with E-state index in [0.717, 1.165) is 12.3 Å². The number of hydrogen-bond acceptors (Lipinski definition) is 2. The standard InChI is InChI=1S/C12H17NO/c1-5-12(13-6-1,11-2-3-11)8-10-4-7-14-9-10/h4,7,9,11,13H,1-3,5-6,8H2. The van der Waals surface area contributed by atoms with Crippen molar-refractivity contribution >= 4 is 0 Å². The van der Waals surface area contributed by atoms with Crippen LogP contribution in [0.5, 0.6) is 0 Å². The summed E-state index contributed by atoms with van der Waals surface area (Å²) in [5, 5.41) is 3.73. The van der Waals surface area contributed by atoms with E-state index in [1.807, 2.05) is 6.26 Å². The van der Waals surface area contributed by atoms with E-state index >= 15 is 0 Å². The van der Waals surface area contributed by atoms with Crippen molar-refractivity contribution in [3.05, 3.63) is 24.2 Å². The van der Waals surface area contributed by atoms with Gasteiger partial charge in [-0.25, -0.2) is 0 Å². The molecule has 1 saturated carbocycles. The van der Waals surface area contributed by atoms with Crippen LogP contribution >= 0.6 is 0 Å². The molecule has 0 aromatic carbocycles. The lowest BCUT2D eigenvalue weighted by Gasteiger charge is -2.29. The van der Waals surface area contributed by atoms with Crippen LogP contribution in [-0.2, 0) is 6.42 Å². The topological polar surface area (TPSA) is 25.2 Å². The van der Waals surface area contributed by atoms with Crippen LogP contribution in [-0.4, -0.2) is 12.1 Å². The van der Waals surface area contributed by atoms with E-state index in [0.29, 0.717) is 5.54 Å². The fourth-order valence-corrected chi connectivity index (χ4v) is 2.87. The first-order valence-corrected chi connectivity index (χ1v) is 5.65. The molecule has 1 aliphatic heterocycles. The Morgan fingerprint density at radius 3 is 3.00 bits per heavy atom. The zero-order valence-electron chi connectivity index (χ0n) is 8.46. The fraction of sp³-hybridized carbons (Fsp3) is 0.667. The van der Waals surface area contributed by atoms with Crippen molar-refractivity contribution in [1.29, 1.82) is 0 Å². The van der Waals surface area contributed by atoms with E-state index in [9.17, 15) is 0 Å². The number of rotatable bonds is 3. The summed E-state index contributed by atoms with van der Waals surface area (Å²) in [6, 6.07) is 2.10. The molecule has 1 aromatic rings. The lowest BCUT2D eigenvalue weighted by Crippen LogP contribution is -2.44. The van der Waals surface area contributed by atoms with Gasteiger partial charge in [-0.05, 0) is 56.2 Å². The van der Waals surface area contributed by atoms with Gasteiger partial charge in [0.25, 0.3) is 0 Å². The third-order valence-electron chi connectivity index (χ3n) is 3.74. The Hall–Kier alpha value is -0.760. The predicted octanol–water partition coefficient (Wildman–Crippen LogP) is 2.35.